The molecule has 1 aromatic heterocycles. The molecule has 0 radical (unpaired) electrons. The second kappa shape index (κ2) is 6.06. The predicted octanol–water partition coefficient (Wildman–Crippen LogP) is 2.89. The van der Waals surface area contributed by atoms with Gasteiger partial charge in [0, 0.05) is 29.9 Å². The predicted molar refractivity (Wildman–Crippen MR) is 83.6 cm³/mol. The first-order valence-electron chi connectivity index (χ1n) is 7.10. The number of nitrogens with zero attached hydrogens (tertiary/aromatic N) is 2. The van der Waals surface area contributed by atoms with E-state index in [4.69, 9.17) is 11.3 Å². The normalized spacial score (nSPS) is 19.3. The summed E-state index contributed by atoms with van der Waals surface area (Å²) in [5.74, 6) is -0.703. The van der Waals surface area contributed by atoms with Crippen LogP contribution in [-0.4, -0.2) is 30.9 Å². The van der Waals surface area contributed by atoms with Crippen LogP contribution in [-0.2, 0) is 16.3 Å². The molecule has 0 unspecified atom stereocenters. The Kier molecular flexibility index (Phi) is 4.18. The molecule has 3 rings (SSSR count). The standard InChI is InChI=1S/C16H12F2N2O4S/c1-19-9-3-8(17)4-10(5-9)24-13-7-20-16(25(2,22)23)14-11(13)6-12(18)15(14)21/h3-5,7,12,15,21H,6H2,2H3/t12-,15-/m1/s1. The summed E-state index contributed by atoms with van der Waals surface area (Å²) in [6.07, 6.45) is -1.61. The summed E-state index contributed by atoms with van der Waals surface area (Å²) in [6.45, 7) is 6.93. The van der Waals surface area contributed by atoms with Crippen LogP contribution < -0.4 is 4.74 Å². The third-order valence-electron chi connectivity index (χ3n) is 3.75. The maximum atomic E-state index is 14.0. The highest BCUT2D eigenvalue weighted by Gasteiger charge is 2.38. The maximum Gasteiger partial charge on any atom is 0.193 e. The fraction of sp³-hybridized carbons (Fsp3) is 0.250. The van der Waals surface area contributed by atoms with E-state index in [2.05, 4.69) is 9.83 Å². The van der Waals surface area contributed by atoms with Gasteiger partial charge in [0.15, 0.2) is 20.6 Å². The fourth-order valence-electron chi connectivity index (χ4n) is 2.71. The summed E-state index contributed by atoms with van der Waals surface area (Å²) >= 11 is 0. The second-order valence-electron chi connectivity index (χ2n) is 5.62. The Balaban J connectivity index is 2.11. The van der Waals surface area contributed by atoms with Gasteiger partial charge in [-0.2, -0.15) is 0 Å². The van der Waals surface area contributed by atoms with Gasteiger partial charge in [-0.15, -0.1) is 0 Å². The number of aromatic nitrogens is 1. The lowest BCUT2D eigenvalue weighted by molar-refractivity contribution is 0.0903. The molecule has 0 spiro atoms. The van der Waals surface area contributed by atoms with Crippen LogP contribution in [0.3, 0.4) is 0 Å². The summed E-state index contributed by atoms with van der Waals surface area (Å²) in [5, 5.41) is 9.56. The van der Waals surface area contributed by atoms with Gasteiger partial charge in [0.2, 0.25) is 0 Å². The number of hydrogen-bond acceptors (Lipinski definition) is 5. The molecule has 1 aromatic carbocycles. The summed E-state index contributed by atoms with van der Waals surface area (Å²) in [6, 6.07) is 3.34. The smallest absolute Gasteiger partial charge is 0.193 e. The number of aliphatic hydroxyl groups excluding tert-OH is 1. The highest BCUT2D eigenvalue weighted by Crippen LogP contribution is 2.42. The van der Waals surface area contributed by atoms with Crippen LogP contribution in [0.5, 0.6) is 11.5 Å². The Morgan fingerprint density at radius 3 is 2.76 bits per heavy atom. The molecule has 0 fully saturated rings. The van der Waals surface area contributed by atoms with Gasteiger partial charge in [-0.1, -0.05) is 0 Å². The van der Waals surface area contributed by atoms with Crippen LogP contribution in [0.4, 0.5) is 14.5 Å². The average molecular weight is 366 g/mol. The van der Waals surface area contributed by atoms with Gasteiger partial charge in [-0.3, -0.25) is 0 Å². The molecule has 1 aliphatic carbocycles. The first kappa shape index (κ1) is 17.3. The van der Waals surface area contributed by atoms with Crippen LogP contribution in [0, 0.1) is 12.4 Å². The third kappa shape index (κ3) is 3.18. The molecule has 1 aliphatic rings. The molecule has 0 saturated heterocycles. The lowest BCUT2D eigenvalue weighted by atomic mass is 10.1. The quantitative estimate of drug-likeness (QED) is 0.845. The highest BCUT2D eigenvalue weighted by molar-refractivity contribution is 7.90. The zero-order chi connectivity index (χ0) is 18.4. The number of aliphatic hydroxyl groups is 1. The number of ether oxygens (including phenoxy) is 1. The maximum absolute atomic E-state index is 14.0. The van der Waals surface area contributed by atoms with Crippen LogP contribution in [0.15, 0.2) is 29.4 Å². The molecule has 130 valence electrons. The zero-order valence-electron chi connectivity index (χ0n) is 12.9. The van der Waals surface area contributed by atoms with Crippen molar-refractivity contribution in [2.45, 2.75) is 23.7 Å². The minimum Gasteiger partial charge on any atom is -0.457 e. The highest BCUT2D eigenvalue weighted by atomic mass is 32.2. The number of fused-ring (bicyclic) bond motifs is 1. The van der Waals surface area contributed by atoms with Crippen molar-refractivity contribution in [1.82, 2.24) is 4.98 Å². The van der Waals surface area contributed by atoms with E-state index < -0.39 is 33.0 Å². The van der Waals surface area contributed by atoms with Crippen molar-refractivity contribution < 1.29 is 27.0 Å². The van der Waals surface area contributed by atoms with Gasteiger partial charge < -0.3 is 9.84 Å². The van der Waals surface area contributed by atoms with Crippen LogP contribution in [0.2, 0.25) is 0 Å². The molecule has 0 aliphatic heterocycles. The van der Waals surface area contributed by atoms with Crippen molar-refractivity contribution in [3.8, 4) is 11.5 Å². The Morgan fingerprint density at radius 1 is 1.40 bits per heavy atom. The summed E-state index contributed by atoms with van der Waals surface area (Å²) in [5.41, 5.74) is 0.0223. The second-order valence-corrected chi connectivity index (χ2v) is 7.55. The zero-order valence-corrected chi connectivity index (χ0v) is 13.7. The van der Waals surface area contributed by atoms with Gasteiger partial charge in [0.05, 0.1) is 12.8 Å². The molecule has 9 heteroatoms. The van der Waals surface area contributed by atoms with E-state index in [-0.39, 0.29) is 34.7 Å². The van der Waals surface area contributed by atoms with Gasteiger partial charge in [-0.05, 0) is 12.1 Å². The minimum atomic E-state index is -3.78. The molecule has 2 atom stereocenters. The van der Waals surface area contributed by atoms with Crippen LogP contribution >= 0.6 is 0 Å². The Morgan fingerprint density at radius 2 is 2.12 bits per heavy atom. The Bertz CT molecular complexity index is 1000. The van der Waals surface area contributed by atoms with Crippen molar-refractivity contribution in [3.05, 3.63) is 52.8 Å². The number of hydrogen-bond donors (Lipinski definition) is 1. The third-order valence-corrected chi connectivity index (χ3v) is 4.78. The average Bonchev–Trinajstić information content (AvgIpc) is 2.82. The van der Waals surface area contributed by atoms with E-state index in [1.165, 1.54) is 6.07 Å². The van der Waals surface area contributed by atoms with Crippen molar-refractivity contribution in [1.29, 1.82) is 0 Å². The first-order valence-corrected chi connectivity index (χ1v) is 8.99. The summed E-state index contributed by atoms with van der Waals surface area (Å²) < 4.78 is 56.6. The molecule has 2 aromatic rings. The number of alkyl halides is 1. The lowest BCUT2D eigenvalue weighted by Gasteiger charge is -2.14. The van der Waals surface area contributed by atoms with Gasteiger partial charge >= 0.3 is 0 Å². The van der Waals surface area contributed by atoms with Crippen LogP contribution in [0.25, 0.3) is 4.85 Å². The van der Waals surface area contributed by atoms with E-state index >= 15 is 0 Å². The molecule has 1 heterocycles. The first-order chi connectivity index (χ1) is 11.7. The molecule has 0 bridgehead atoms. The summed E-state index contributed by atoms with van der Waals surface area (Å²) in [4.78, 5) is 6.89. The molecular weight excluding hydrogens is 354 g/mol. The number of pyridine rings is 1. The van der Waals surface area contributed by atoms with E-state index in [0.29, 0.717) is 0 Å². The van der Waals surface area contributed by atoms with Crippen molar-refractivity contribution in [2.75, 3.05) is 6.26 Å². The molecule has 0 amide bonds. The largest absolute Gasteiger partial charge is 0.457 e. The molecule has 1 N–H and O–H groups in total. The van der Waals surface area contributed by atoms with Gasteiger partial charge in [0.25, 0.3) is 0 Å². The van der Waals surface area contributed by atoms with E-state index in [0.717, 1.165) is 24.6 Å². The van der Waals surface area contributed by atoms with Gasteiger partial charge in [0.1, 0.15) is 29.6 Å². The van der Waals surface area contributed by atoms with E-state index in [1.54, 1.807) is 0 Å². The SMILES string of the molecule is [C-]#[N+]c1cc(F)cc(Oc2cnc(S(C)(=O)=O)c3c2C[C@@H](F)[C@H]3O)c1. The monoisotopic (exact) mass is 366 g/mol. The van der Waals surface area contributed by atoms with Crippen molar-refractivity contribution in [3.63, 3.8) is 0 Å². The fourth-order valence-corrected chi connectivity index (χ4v) is 3.60. The number of sulfone groups is 1. The van der Waals surface area contributed by atoms with Crippen LogP contribution in [0.1, 0.15) is 17.2 Å². The number of benzene rings is 1. The lowest BCUT2D eigenvalue weighted by Crippen LogP contribution is -2.11. The van der Waals surface area contributed by atoms with E-state index in [1.807, 2.05) is 0 Å². The minimum absolute atomic E-state index is 0.00290. The van der Waals surface area contributed by atoms with E-state index in [9.17, 15) is 22.3 Å². The van der Waals surface area contributed by atoms with Gasteiger partial charge in [-0.25, -0.2) is 27.0 Å². The molecule has 25 heavy (non-hydrogen) atoms. The molecule has 6 nitrogen and oxygen atoms in total. The molecular formula is C16H12F2N2O4S. The van der Waals surface area contributed by atoms with Crippen molar-refractivity contribution in [2.24, 2.45) is 0 Å². The summed E-state index contributed by atoms with van der Waals surface area (Å²) in [7, 11) is -3.78. The molecule has 0 saturated carbocycles. The number of rotatable bonds is 3. The Labute approximate surface area is 142 Å². The topological polar surface area (TPSA) is 80.8 Å². The number of halogens is 2. The van der Waals surface area contributed by atoms with Crippen molar-refractivity contribution >= 4 is 15.5 Å². The Hall–Kier alpha value is -2.57.